The molecule has 2 aromatic heterocycles. The summed E-state index contributed by atoms with van der Waals surface area (Å²) in [5.74, 6) is 1.70. The van der Waals surface area contributed by atoms with Gasteiger partial charge in [-0.2, -0.15) is 0 Å². The first kappa shape index (κ1) is 18.2. The molecule has 0 bridgehead atoms. The van der Waals surface area contributed by atoms with E-state index in [-0.39, 0.29) is 11.6 Å². The van der Waals surface area contributed by atoms with Crippen LogP contribution in [0.1, 0.15) is 25.2 Å². The van der Waals surface area contributed by atoms with Crippen molar-refractivity contribution in [3.05, 3.63) is 64.3 Å². The topological polar surface area (TPSA) is 81.1 Å². The molecule has 28 heavy (non-hydrogen) atoms. The Balaban J connectivity index is 1.77. The zero-order valence-electron chi connectivity index (χ0n) is 16.2. The van der Waals surface area contributed by atoms with Gasteiger partial charge < -0.3 is 15.4 Å². The number of hydrogen-bond donors (Lipinski definition) is 2. The van der Waals surface area contributed by atoms with Crippen LogP contribution in [0, 0.1) is 0 Å². The summed E-state index contributed by atoms with van der Waals surface area (Å²) in [6.07, 6.45) is 3.64. The Labute approximate surface area is 163 Å². The number of methoxy groups -OCH3 is 1. The lowest BCUT2D eigenvalue weighted by atomic mass is 10.2. The minimum Gasteiger partial charge on any atom is -0.493 e. The van der Waals surface area contributed by atoms with Crippen molar-refractivity contribution in [2.75, 3.05) is 12.4 Å². The minimum atomic E-state index is -0.0635. The lowest BCUT2D eigenvalue weighted by Crippen LogP contribution is -2.32. The Kier molecular flexibility index (Phi) is 4.83. The number of aromatic nitrogens is 3. The lowest BCUT2D eigenvalue weighted by molar-refractivity contribution is 0.367. The third kappa shape index (κ3) is 3.36. The number of hydrogen-bond acceptors (Lipinski definition) is 6. The third-order valence-electron chi connectivity index (χ3n) is 4.71. The monoisotopic (exact) mass is 377 g/mol. The molecule has 1 aliphatic rings. The van der Waals surface area contributed by atoms with E-state index in [2.05, 4.69) is 15.6 Å². The SMILES string of the molecule is COC1=CCn2c1nc(Nc1ccc3ncccc3c1)c(CNC(C)C)c2=O. The maximum Gasteiger partial charge on any atom is 0.260 e. The van der Waals surface area contributed by atoms with Crippen LogP contribution >= 0.6 is 0 Å². The fourth-order valence-electron chi connectivity index (χ4n) is 3.25. The summed E-state index contributed by atoms with van der Waals surface area (Å²) in [4.78, 5) is 22.2. The summed E-state index contributed by atoms with van der Waals surface area (Å²) in [5.41, 5.74) is 2.31. The highest BCUT2D eigenvalue weighted by Gasteiger charge is 2.23. The van der Waals surface area contributed by atoms with Gasteiger partial charge in [0.05, 0.1) is 18.2 Å². The summed E-state index contributed by atoms with van der Waals surface area (Å²) in [6.45, 7) is 5.00. The van der Waals surface area contributed by atoms with Gasteiger partial charge in [0.15, 0.2) is 11.6 Å². The number of pyridine rings is 1. The van der Waals surface area contributed by atoms with Crippen LogP contribution in [0.5, 0.6) is 0 Å². The van der Waals surface area contributed by atoms with Crippen molar-refractivity contribution in [2.24, 2.45) is 0 Å². The molecule has 144 valence electrons. The molecule has 7 heteroatoms. The standard InChI is InChI=1S/C21H23N5O2/c1-13(2)23-12-16-19(25-20-18(28-3)8-10-26(20)21(16)27)24-15-6-7-17-14(11-15)5-4-9-22-17/h4-9,11,13,23-24H,10,12H2,1-3H3. The fraction of sp³-hybridized carbons (Fsp3) is 0.286. The van der Waals surface area contributed by atoms with Crippen LogP contribution in [-0.4, -0.2) is 27.7 Å². The van der Waals surface area contributed by atoms with E-state index in [4.69, 9.17) is 9.72 Å². The highest BCUT2D eigenvalue weighted by atomic mass is 16.5. The summed E-state index contributed by atoms with van der Waals surface area (Å²) in [7, 11) is 1.59. The van der Waals surface area contributed by atoms with E-state index in [0.717, 1.165) is 16.6 Å². The van der Waals surface area contributed by atoms with Crippen molar-refractivity contribution in [2.45, 2.75) is 33.0 Å². The van der Waals surface area contributed by atoms with Gasteiger partial charge in [0, 0.05) is 36.4 Å². The zero-order valence-corrected chi connectivity index (χ0v) is 16.2. The van der Waals surface area contributed by atoms with Crippen molar-refractivity contribution in [3.63, 3.8) is 0 Å². The molecule has 1 aliphatic heterocycles. The maximum absolute atomic E-state index is 13.1. The molecule has 0 amide bonds. The number of benzene rings is 1. The van der Waals surface area contributed by atoms with E-state index >= 15 is 0 Å². The van der Waals surface area contributed by atoms with Gasteiger partial charge >= 0.3 is 0 Å². The largest absolute Gasteiger partial charge is 0.493 e. The molecule has 0 atom stereocenters. The second-order valence-electron chi connectivity index (χ2n) is 7.02. The third-order valence-corrected chi connectivity index (χ3v) is 4.71. The summed E-state index contributed by atoms with van der Waals surface area (Å²) in [5, 5.41) is 7.67. The predicted molar refractivity (Wildman–Crippen MR) is 110 cm³/mol. The minimum absolute atomic E-state index is 0.0635. The smallest absolute Gasteiger partial charge is 0.260 e. The molecule has 0 unspecified atom stereocenters. The van der Waals surface area contributed by atoms with Crippen LogP contribution in [0.25, 0.3) is 16.7 Å². The fourth-order valence-corrected chi connectivity index (χ4v) is 3.25. The van der Waals surface area contributed by atoms with Gasteiger partial charge in [-0.3, -0.25) is 14.3 Å². The van der Waals surface area contributed by atoms with E-state index in [1.165, 1.54) is 0 Å². The lowest BCUT2D eigenvalue weighted by Gasteiger charge is -2.16. The molecule has 2 N–H and O–H groups in total. The molecule has 0 fully saturated rings. The van der Waals surface area contributed by atoms with Gasteiger partial charge in [0.1, 0.15) is 5.82 Å². The molecule has 0 radical (unpaired) electrons. The number of ether oxygens (including phenoxy) is 1. The Morgan fingerprint density at radius 1 is 1.29 bits per heavy atom. The molecule has 0 saturated carbocycles. The molecule has 3 aromatic rings. The van der Waals surface area contributed by atoms with E-state index in [1.807, 2.05) is 50.3 Å². The van der Waals surface area contributed by atoms with Gasteiger partial charge in [0.2, 0.25) is 0 Å². The normalized spacial score (nSPS) is 12.9. The maximum atomic E-state index is 13.1. The highest BCUT2D eigenvalue weighted by Crippen LogP contribution is 2.25. The van der Waals surface area contributed by atoms with Gasteiger partial charge in [-0.05, 0) is 30.3 Å². The van der Waals surface area contributed by atoms with E-state index in [1.54, 1.807) is 17.9 Å². The molecule has 4 rings (SSSR count). The number of fused-ring (bicyclic) bond motifs is 2. The first-order valence-corrected chi connectivity index (χ1v) is 9.30. The van der Waals surface area contributed by atoms with Crippen molar-refractivity contribution < 1.29 is 4.74 Å². The first-order valence-electron chi connectivity index (χ1n) is 9.30. The summed E-state index contributed by atoms with van der Waals surface area (Å²) >= 11 is 0. The number of allylic oxidation sites excluding steroid dienone is 1. The van der Waals surface area contributed by atoms with Gasteiger partial charge in [0.25, 0.3) is 5.56 Å². The second kappa shape index (κ2) is 7.44. The average Bonchev–Trinajstić information content (AvgIpc) is 3.10. The number of rotatable bonds is 6. The van der Waals surface area contributed by atoms with Crippen molar-refractivity contribution in [3.8, 4) is 0 Å². The molecule has 0 spiro atoms. The number of anilines is 2. The van der Waals surface area contributed by atoms with E-state index in [0.29, 0.717) is 36.1 Å². The van der Waals surface area contributed by atoms with Crippen molar-refractivity contribution in [1.29, 1.82) is 0 Å². The Hall–Kier alpha value is -3.19. The molecular weight excluding hydrogens is 354 g/mol. The van der Waals surface area contributed by atoms with Gasteiger partial charge in [-0.25, -0.2) is 4.98 Å². The zero-order chi connectivity index (χ0) is 19.7. The molecule has 1 aromatic carbocycles. The van der Waals surface area contributed by atoms with Crippen LogP contribution in [-0.2, 0) is 17.8 Å². The summed E-state index contributed by atoms with van der Waals surface area (Å²) in [6, 6.07) is 10.1. The van der Waals surface area contributed by atoms with Crippen LogP contribution in [0.3, 0.4) is 0 Å². The summed E-state index contributed by atoms with van der Waals surface area (Å²) < 4.78 is 7.03. The van der Waals surface area contributed by atoms with Crippen LogP contribution < -0.4 is 16.2 Å². The first-order chi connectivity index (χ1) is 13.6. The quantitative estimate of drug-likeness (QED) is 0.687. The Bertz CT molecular complexity index is 1120. The Morgan fingerprint density at radius 3 is 2.93 bits per heavy atom. The van der Waals surface area contributed by atoms with Crippen LogP contribution in [0.2, 0.25) is 0 Å². The van der Waals surface area contributed by atoms with Crippen molar-refractivity contribution in [1.82, 2.24) is 19.9 Å². The van der Waals surface area contributed by atoms with E-state index < -0.39 is 0 Å². The highest BCUT2D eigenvalue weighted by molar-refractivity contribution is 5.83. The molecule has 0 saturated heterocycles. The predicted octanol–water partition coefficient (Wildman–Crippen LogP) is 3.03. The van der Waals surface area contributed by atoms with E-state index in [9.17, 15) is 4.79 Å². The molecular formula is C21H23N5O2. The average molecular weight is 377 g/mol. The molecule has 3 heterocycles. The van der Waals surface area contributed by atoms with Crippen LogP contribution in [0.15, 0.2) is 47.4 Å². The van der Waals surface area contributed by atoms with Gasteiger partial charge in [-0.1, -0.05) is 19.9 Å². The molecule has 7 nitrogen and oxygen atoms in total. The number of nitrogens with zero attached hydrogens (tertiary/aromatic N) is 3. The van der Waals surface area contributed by atoms with Crippen LogP contribution in [0.4, 0.5) is 11.5 Å². The van der Waals surface area contributed by atoms with Gasteiger partial charge in [-0.15, -0.1) is 0 Å². The molecule has 0 aliphatic carbocycles. The second-order valence-corrected chi connectivity index (χ2v) is 7.02. The van der Waals surface area contributed by atoms with Crippen molar-refractivity contribution >= 4 is 28.2 Å². The Morgan fingerprint density at radius 2 is 2.14 bits per heavy atom. The number of nitrogens with one attached hydrogen (secondary N) is 2.